The van der Waals surface area contributed by atoms with E-state index in [1.807, 2.05) is 0 Å². The van der Waals surface area contributed by atoms with Crippen molar-refractivity contribution in [3.8, 4) is 0 Å². The summed E-state index contributed by atoms with van der Waals surface area (Å²) < 4.78 is 36.9. The zero-order chi connectivity index (χ0) is 18.8. The van der Waals surface area contributed by atoms with Crippen molar-refractivity contribution in [3.05, 3.63) is 12.2 Å². The van der Waals surface area contributed by atoms with Gasteiger partial charge in [-0.25, -0.2) is 0 Å². The summed E-state index contributed by atoms with van der Waals surface area (Å²) in [6.45, 7) is 2.27. The SMILES string of the molecule is CCCCCCCC[C@H]1CC[C@H]([C@H]2CC[C@H](C=CC(F)(F)F)CC2)CC1. The van der Waals surface area contributed by atoms with E-state index in [-0.39, 0.29) is 5.92 Å². The summed E-state index contributed by atoms with van der Waals surface area (Å²) in [6, 6.07) is 0. The molecule has 0 aromatic heterocycles. The molecule has 0 spiro atoms. The Bertz CT molecular complexity index is 383. The van der Waals surface area contributed by atoms with Crippen LogP contribution in [0.5, 0.6) is 0 Å². The molecule has 152 valence electrons. The van der Waals surface area contributed by atoms with E-state index in [4.69, 9.17) is 0 Å². The van der Waals surface area contributed by atoms with Crippen LogP contribution in [0.25, 0.3) is 0 Å². The smallest absolute Gasteiger partial charge is 0.167 e. The first-order valence-electron chi connectivity index (χ1n) is 11.2. The van der Waals surface area contributed by atoms with Crippen molar-refractivity contribution in [1.82, 2.24) is 0 Å². The highest BCUT2D eigenvalue weighted by molar-refractivity contribution is 4.96. The van der Waals surface area contributed by atoms with Crippen molar-refractivity contribution >= 4 is 0 Å². The lowest BCUT2D eigenvalue weighted by Crippen LogP contribution is -2.25. The van der Waals surface area contributed by atoms with Crippen LogP contribution in [-0.4, -0.2) is 6.18 Å². The molecule has 0 nitrogen and oxygen atoms in total. The van der Waals surface area contributed by atoms with Gasteiger partial charge in [0, 0.05) is 6.08 Å². The molecule has 0 unspecified atom stereocenters. The third kappa shape index (κ3) is 8.48. The van der Waals surface area contributed by atoms with Gasteiger partial charge >= 0.3 is 6.18 Å². The van der Waals surface area contributed by atoms with Crippen LogP contribution in [0, 0.1) is 23.7 Å². The lowest BCUT2D eigenvalue weighted by Gasteiger charge is -2.37. The molecule has 0 aromatic rings. The van der Waals surface area contributed by atoms with Crippen molar-refractivity contribution in [2.45, 2.75) is 109 Å². The Hall–Kier alpha value is -0.470. The van der Waals surface area contributed by atoms with Gasteiger partial charge in [-0.05, 0) is 62.2 Å². The Morgan fingerprint density at radius 2 is 1.27 bits per heavy atom. The largest absolute Gasteiger partial charge is 0.409 e. The molecule has 2 aliphatic carbocycles. The summed E-state index contributed by atoms with van der Waals surface area (Å²) in [5, 5.41) is 0. The number of allylic oxidation sites excluding steroid dienone is 2. The van der Waals surface area contributed by atoms with Crippen molar-refractivity contribution < 1.29 is 13.2 Å². The second kappa shape index (κ2) is 11.4. The predicted octanol–water partition coefficient (Wildman–Crippen LogP) is 8.47. The van der Waals surface area contributed by atoms with E-state index >= 15 is 0 Å². The van der Waals surface area contributed by atoms with E-state index in [1.165, 1.54) is 76.7 Å². The summed E-state index contributed by atoms with van der Waals surface area (Å²) in [5.74, 6) is 2.73. The fourth-order valence-corrected chi connectivity index (χ4v) is 5.22. The molecular formula is C23H39F3. The molecule has 0 aliphatic heterocycles. The first kappa shape index (κ1) is 21.8. The summed E-state index contributed by atoms with van der Waals surface area (Å²) in [6.07, 6.45) is 17.2. The lowest BCUT2D eigenvalue weighted by atomic mass is 9.68. The topological polar surface area (TPSA) is 0 Å². The Kier molecular flexibility index (Phi) is 9.56. The van der Waals surface area contributed by atoms with E-state index in [0.29, 0.717) is 6.08 Å². The van der Waals surface area contributed by atoms with Gasteiger partial charge in [-0.15, -0.1) is 0 Å². The Morgan fingerprint density at radius 3 is 1.85 bits per heavy atom. The zero-order valence-corrected chi connectivity index (χ0v) is 16.7. The average Bonchev–Trinajstić information content (AvgIpc) is 2.63. The number of hydrogen-bond donors (Lipinski definition) is 0. The van der Waals surface area contributed by atoms with Gasteiger partial charge in [0.15, 0.2) is 0 Å². The van der Waals surface area contributed by atoms with E-state index in [9.17, 15) is 13.2 Å². The predicted molar refractivity (Wildman–Crippen MR) is 104 cm³/mol. The van der Waals surface area contributed by atoms with Gasteiger partial charge < -0.3 is 0 Å². The third-order valence-corrected chi connectivity index (χ3v) is 6.90. The minimum atomic E-state index is -4.15. The lowest BCUT2D eigenvalue weighted by molar-refractivity contribution is -0.0803. The summed E-state index contributed by atoms with van der Waals surface area (Å²) in [5.41, 5.74) is 0. The third-order valence-electron chi connectivity index (χ3n) is 6.90. The van der Waals surface area contributed by atoms with Crippen molar-refractivity contribution in [2.24, 2.45) is 23.7 Å². The minimum Gasteiger partial charge on any atom is -0.167 e. The maximum absolute atomic E-state index is 12.3. The van der Waals surface area contributed by atoms with Crippen molar-refractivity contribution in [3.63, 3.8) is 0 Å². The van der Waals surface area contributed by atoms with Crippen LogP contribution in [0.3, 0.4) is 0 Å². The Morgan fingerprint density at radius 1 is 0.731 bits per heavy atom. The fraction of sp³-hybridized carbons (Fsp3) is 0.913. The van der Waals surface area contributed by atoms with Gasteiger partial charge in [-0.1, -0.05) is 70.8 Å². The van der Waals surface area contributed by atoms with E-state index in [2.05, 4.69) is 6.92 Å². The number of halogens is 3. The molecule has 2 aliphatic rings. The van der Waals surface area contributed by atoms with E-state index < -0.39 is 6.18 Å². The monoisotopic (exact) mass is 372 g/mol. The molecule has 0 heterocycles. The molecule has 0 aromatic carbocycles. The average molecular weight is 373 g/mol. The number of unbranched alkanes of at least 4 members (excludes halogenated alkanes) is 5. The van der Waals surface area contributed by atoms with Crippen molar-refractivity contribution in [1.29, 1.82) is 0 Å². The number of hydrogen-bond acceptors (Lipinski definition) is 0. The van der Waals surface area contributed by atoms with Gasteiger partial charge in [0.05, 0.1) is 0 Å². The molecule has 0 saturated heterocycles. The molecule has 0 bridgehead atoms. The first-order chi connectivity index (χ1) is 12.5. The molecule has 0 N–H and O–H groups in total. The summed E-state index contributed by atoms with van der Waals surface area (Å²) >= 11 is 0. The van der Waals surface area contributed by atoms with Crippen LogP contribution in [0.1, 0.15) is 103 Å². The molecule has 2 rings (SSSR count). The van der Waals surface area contributed by atoms with Crippen LogP contribution < -0.4 is 0 Å². The van der Waals surface area contributed by atoms with Gasteiger partial charge in [0.1, 0.15) is 0 Å². The molecule has 26 heavy (non-hydrogen) atoms. The van der Waals surface area contributed by atoms with Crippen molar-refractivity contribution in [2.75, 3.05) is 0 Å². The molecule has 0 amide bonds. The summed E-state index contributed by atoms with van der Waals surface area (Å²) in [7, 11) is 0. The molecule has 2 saturated carbocycles. The van der Waals surface area contributed by atoms with Crippen LogP contribution in [0.2, 0.25) is 0 Å². The fourth-order valence-electron chi connectivity index (χ4n) is 5.22. The van der Waals surface area contributed by atoms with Crippen LogP contribution >= 0.6 is 0 Å². The first-order valence-corrected chi connectivity index (χ1v) is 11.2. The van der Waals surface area contributed by atoms with Gasteiger partial charge in [0.2, 0.25) is 0 Å². The Labute approximate surface area is 159 Å². The second-order valence-corrected chi connectivity index (χ2v) is 8.91. The molecule has 3 heteroatoms. The van der Waals surface area contributed by atoms with Crippen LogP contribution in [-0.2, 0) is 0 Å². The highest BCUT2D eigenvalue weighted by atomic mass is 19.4. The maximum Gasteiger partial charge on any atom is 0.409 e. The second-order valence-electron chi connectivity index (χ2n) is 8.91. The standard InChI is InChI=1S/C23H39F3/c1-2-3-4-5-6-7-8-19-9-13-21(14-10-19)22-15-11-20(12-16-22)17-18-23(24,25)26/h17-22H,2-16H2,1H3/t19-,20-,21-,22-. The normalized spacial score (nSPS) is 30.8. The van der Waals surface area contributed by atoms with Gasteiger partial charge in [0.25, 0.3) is 0 Å². The zero-order valence-electron chi connectivity index (χ0n) is 16.7. The number of alkyl halides is 3. The van der Waals surface area contributed by atoms with E-state index in [1.54, 1.807) is 0 Å². The van der Waals surface area contributed by atoms with E-state index in [0.717, 1.165) is 43.4 Å². The quantitative estimate of drug-likeness (QED) is 0.281. The van der Waals surface area contributed by atoms with Gasteiger partial charge in [-0.2, -0.15) is 13.2 Å². The highest BCUT2D eigenvalue weighted by Gasteiger charge is 2.31. The molecule has 0 radical (unpaired) electrons. The number of rotatable bonds is 9. The van der Waals surface area contributed by atoms with Crippen LogP contribution in [0.15, 0.2) is 12.2 Å². The highest BCUT2D eigenvalue weighted by Crippen LogP contribution is 2.42. The minimum absolute atomic E-state index is 0.150. The Balaban J connectivity index is 1.57. The molecule has 2 fully saturated rings. The molecule has 0 atom stereocenters. The summed E-state index contributed by atoms with van der Waals surface area (Å²) in [4.78, 5) is 0. The van der Waals surface area contributed by atoms with Gasteiger partial charge in [-0.3, -0.25) is 0 Å². The van der Waals surface area contributed by atoms with Crippen LogP contribution in [0.4, 0.5) is 13.2 Å². The molecular weight excluding hydrogens is 333 g/mol. The maximum atomic E-state index is 12.3.